The van der Waals surface area contributed by atoms with E-state index in [1.165, 1.54) is 25.0 Å². The largest absolute Gasteiger partial charge is 0.371 e. The molecule has 4 heterocycles. The standard InChI is InChI=1S/C26H30F2N6O3S/c1-38(36,37)17-2-3-18(20(16-17)33-12-7-25(5-6-25)8-13-33)23(35)32-24-30-21-19(4-11-29-21)22(31-24)34-14-9-26(27,28)10-15-34/h2-4,11,16H,5-10,12-15H2,1H3,(H2,29,30,31,32,35). The first-order chi connectivity index (χ1) is 18.0. The number of nitrogens with zero attached hydrogens (tertiary/aromatic N) is 4. The maximum atomic E-state index is 13.8. The van der Waals surface area contributed by atoms with Gasteiger partial charge in [0.1, 0.15) is 11.5 Å². The van der Waals surface area contributed by atoms with Crippen LogP contribution in [0.2, 0.25) is 0 Å². The van der Waals surface area contributed by atoms with E-state index in [2.05, 4.69) is 25.2 Å². The Kier molecular flexibility index (Phi) is 5.85. The van der Waals surface area contributed by atoms with E-state index in [1.807, 2.05) is 0 Å². The lowest BCUT2D eigenvalue weighted by Crippen LogP contribution is -2.40. The predicted octanol–water partition coefficient (Wildman–Crippen LogP) is 4.23. The number of carbonyl (C=O) groups excluding carboxylic acids is 1. The second kappa shape index (κ2) is 8.89. The summed E-state index contributed by atoms with van der Waals surface area (Å²) in [5.74, 6) is -2.62. The van der Waals surface area contributed by atoms with Crippen LogP contribution in [0.25, 0.3) is 11.0 Å². The molecule has 0 bridgehead atoms. The van der Waals surface area contributed by atoms with E-state index in [-0.39, 0.29) is 36.8 Å². The molecule has 1 spiro atoms. The van der Waals surface area contributed by atoms with Crippen molar-refractivity contribution in [2.75, 3.05) is 47.6 Å². The average molecular weight is 545 g/mol. The van der Waals surface area contributed by atoms with E-state index in [0.717, 1.165) is 32.2 Å². The van der Waals surface area contributed by atoms with Gasteiger partial charge < -0.3 is 14.8 Å². The molecule has 1 aromatic carbocycles. The van der Waals surface area contributed by atoms with Crippen LogP contribution >= 0.6 is 0 Å². The number of benzene rings is 1. The number of carbonyl (C=O) groups is 1. The van der Waals surface area contributed by atoms with Crippen molar-refractivity contribution in [1.82, 2.24) is 15.0 Å². The Balaban J connectivity index is 1.31. The zero-order chi connectivity index (χ0) is 26.7. The summed E-state index contributed by atoms with van der Waals surface area (Å²) in [7, 11) is -3.47. The van der Waals surface area contributed by atoms with Crippen LogP contribution in [0, 0.1) is 5.41 Å². The van der Waals surface area contributed by atoms with E-state index in [1.54, 1.807) is 23.2 Å². The van der Waals surface area contributed by atoms with Crippen LogP contribution in [0.1, 0.15) is 48.9 Å². The molecule has 2 saturated heterocycles. The van der Waals surface area contributed by atoms with Gasteiger partial charge in [-0.2, -0.15) is 9.97 Å². The summed E-state index contributed by atoms with van der Waals surface area (Å²) in [5.41, 5.74) is 1.81. The highest BCUT2D eigenvalue weighted by Gasteiger charge is 2.44. The maximum Gasteiger partial charge on any atom is 0.260 e. The van der Waals surface area contributed by atoms with Crippen molar-refractivity contribution in [3.63, 3.8) is 0 Å². The van der Waals surface area contributed by atoms with Crippen molar-refractivity contribution in [3.8, 4) is 0 Å². The summed E-state index contributed by atoms with van der Waals surface area (Å²) in [6.07, 6.45) is 6.80. The molecule has 0 atom stereocenters. The molecule has 6 rings (SSSR count). The fourth-order valence-electron chi connectivity index (χ4n) is 5.53. The molecular formula is C26H30F2N6O3S. The Morgan fingerprint density at radius 1 is 0.974 bits per heavy atom. The minimum Gasteiger partial charge on any atom is -0.371 e. The first-order valence-electron chi connectivity index (χ1n) is 12.9. The molecule has 1 amide bonds. The minimum atomic E-state index is -3.47. The van der Waals surface area contributed by atoms with E-state index in [4.69, 9.17) is 0 Å². The number of fused-ring (bicyclic) bond motifs is 1. The second-order valence-electron chi connectivity index (χ2n) is 10.8. The molecule has 1 aliphatic carbocycles. The third-order valence-electron chi connectivity index (χ3n) is 8.18. The molecule has 12 heteroatoms. The van der Waals surface area contributed by atoms with Crippen LogP contribution in [0.3, 0.4) is 0 Å². The number of sulfone groups is 1. The highest BCUT2D eigenvalue weighted by atomic mass is 32.2. The normalized spacial score (nSPS) is 20.6. The van der Waals surface area contributed by atoms with Crippen molar-refractivity contribution in [2.24, 2.45) is 5.41 Å². The molecule has 1 saturated carbocycles. The van der Waals surface area contributed by atoms with Gasteiger partial charge in [0.25, 0.3) is 11.8 Å². The van der Waals surface area contributed by atoms with Gasteiger partial charge in [0.15, 0.2) is 9.84 Å². The Morgan fingerprint density at radius 3 is 2.32 bits per heavy atom. The fourth-order valence-corrected chi connectivity index (χ4v) is 6.17. The van der Waals surface area contributed by atoms with Gasteiger partial charge in [-0.05, 0) is 55.4 Å². The van der Waals surface area contributed by atoms with Crippen LogP contribution in [0.4, 0.5) is 26.2 Å². The lowest BCUT2D eigenvalue weighted by Gasteiger charge is -2.35. The third-order valence-corrected chi connectivity index (χ3v) is 9.29. The molecule has 202 valence electrons. The maximum absolute atomic E-state index is 13.8. The molecule has 0 unspecified atom stereocenters. The first kappa shape index (κ1) is 25.0. The van der Waals surface area contributed by atoms with Gasteiger partial charge in [0.05, 0.1) is 21.5 Å². The van der Waals surface area contributed by atoms with Crippen LogP contribution in [-0.2, 0) is 9.84 Å². The molecule has 9 nitrogen and oxygen atoms in total. The average Bonchev–Trinajstić information content (AvgIpc) is 3.45. The lowest BCUT2D eigenvalue weighted by molar-refractivity contribution is -0.0221. The smallest absolute Gasteiger partial charge is 0.260 e. The van der Waals surface area contributed by atoms with E-state index >= 15 is 0 Å². The molecule has 2 N–H and O–H groups in total. The number of halogens is 2. The van der Waals surface area contributed by atoms with Crippen molar-refractivity contribution in [3.05, 3.63) is 36.0 Å². The predicted molar refractivity (Wildman–Crippen MR) is 141 cm³/mol. The van der Waals surface area contributed by atoms with Gasteiger partial charge in [0.2, 0.25) is 5.95 Å². The monoisotopic (exact) mass is 544 g/mol. The molecule has 2 aliphatic heterocycles. The number of hydrogen-bond acceptors (Lipinski definition) is 7. The van der Waals surface area contributed by atoms with Crippen LogP contribution in [0.5, 0.6) is 0 Å². The minimum absolute atomic E-state index is 0.0472. The van der Waals surface area contributed by atoms with Gasteiger partial charge in [-0.3, -0.25) is 10.1 Å². The quantitative estimate of drug-likeness (QED) is 0.495. The number of nitrogens with one attached hydrogen (secondary N) is 2. The molecule has 38 heavy (non-hydrogen) atoms. The summed E-state index contributed by atoms with van der Waals surface area (Å²) in [5, 5.41) is 3.46. The Hall–Kier alpha value is -3.28. The van der Waals surface area contributed by atoms with E-state index < -0.39 is 21.7 Å². The van der Waals surface area contributed by atoms with E-state index in [9.17, 15) is 22.0 Å². The van der Waals surface area contributed by atoms with Crippen LogP contribution in [-0.4, -0.2) is 67.6 Å². The fraction of sp³-hybridized carbons (Fsp3) is 0.500. The first-order valence-corrected chi connectivity index (χ1v) is 14.8. The zero-order valence-electron chi connectivity index (χ0n) is 21.1. The number of rotatable bonds is 5. The Morgan fingerprint density at radius 2 is 1.66 bits per heavy atom. The van der Waals surface area contributed by atoms with Crippen molar-refractivity contribution in [1.29, 1.82) is 0 Å². The number of aromatic amines is 1. The number of aromatic nitrogens is 3. The van der Waals surface area contributed by atoms with Crippen molar-refractivity contribution in [2.45, 2.75) is 49.3 Å². The second-order valence-corrected chi connectivity index (χ2v) is 12.9. The highest BCUT2D eigenvalue weighted by Crippen LogP contribution is 2.54. The van der Waals surface area contributed by atoms with Gasteiger partial charge in [-0.1, -0.05) is 0 Å². The van der Waals surface area contributed by atoms with Crippen molar-refractivity contribution < 1.29 is 22.0 Å². The summed E-state index contributed by atoms with van der Waals surface area (Å²) in [4.78, 5) is 29.6. The summed E-state index contributed by atoms with van der Waals surface area (Å²) >= 11 is 0. The summed E-state index contributed by atoms with van der Waals surface area (Å²) in [6, 6.07) is 6.33. The zero-order valence-corrected chi connectivity index (χ0v) is 22.0. The van der Waals surface area contributed by atoms with Crippen molar-refractivity contribution >= 4 is 44.2 Å². The molecule has 2 aromatic heterocycles. The molecular weight excluding hydrogens is 514 g/mol. The number of anilines is 3. The van der Waals surface area contributed by atoms with Crippen LogP contribution in [0.15, 0.2) is 35.4 Å². The number of H-pyrrole nitrogens is 1. The van der Waals surface area contributed by atoms with Gasteiger partial charge >= 0.3 is 0 Å². The number of amides is 1. The van der Waals surface area contributed by atoms with Crippen LogP contribution < -0.4 is 15.1 Å². The lowest BCUT2D eigenvalue weighted by atomic mass is 9.93. The third kappa shape index (κ3) is 4.81. The molecule has 3 fully saturated rings. The summed E-state index contributed by atoms with van der Waals surface area (Å²) < 4.78 is 52.1. The summed E-state index contributed by atoms with van der Waals surface area (Å²) in [6.45, 7) is 1.79. The Labute approximate surface area is 219 Å². The molecule has 0 radical (unpaired) electrons. The number of hydrogen-bond donors (Lipinski definition) is 2. The Bertz CT molecular complexity index is 1500. The molecule has 3 aromatic rings. The number of alkyl halides is 2. The van der Waals surface area contributed by atoms with Gasteiger partial charge in [0, 0.05) is 51.5 Å². The number of piperidine rings is 2. The van der Waals surface area contributed by atoms with Gasteiger partial charge in [-0.15, -0.1) is 0 Å². The molecule has 3 aliphatic rings. The highest BCUT2D eigenvalue weighted by molar-refractivity contribution is 7.90. The topological polar surface area (TPSA) is 111 Å². The SMILES string of the molecule is CS(=O)(=O)c1ccc(C(=O)Nc2nc(N3CCC(F)(F)CC3)c3cc[nH]c3n2)c(N2CCC3(CC2)CC3)c1. The van der Waals surface area contributed by atoms with Gasteiger partial charge in [-0.25, -0.2) is 17.2 Å². The van der Waals surface area contributed by atoms with E-state index in [0.29, 0.717) is 33.5 Å².